The first-order valence-corrected chi connectivity index (χ1v) is 5.08. The van der Waals surface area contributed by atoms with Crippen LogP contribution in [-0.2, 0) is 9.53 Å². The van der Waals surface area contributed by atoms with Gasteiger partial charge in [-0.2, -0.15) is 0 Å². The Morgan fingerprint density at radius 1 is 1.46 bits per heavy atom. The normalized spacial score (nSPS) is 53.3. The smallest absolute Gasteiger partial charge is 0.312 e. The molecular weight excluding hydrogens is 168 g/mol. The summed E-state index contributed by atoms with van der Waals surface area (Å²) >= 11 is 0. The first kappa shape index (κ1) is 7.80. The second-order valence-corrected chi connectivity index (χ2v) is 4.76. The molecule has 1 N–H and O–H groups in total. The molecule has 13 heavy (non-hydrogen) atoms. The van der Waals surface area contributed by atoms with Crippen LogP contribution in [-0.4, -0.2) is 23.8 Å². The van der Waals surface area contributed by atoms with Crippen molar-refractivity contribution in [3.8, 4) is 0 Å². The van der Waals surface area contributed by atoms with Crippen LogP contribution in [0.2, 0.25) is 0 Å². The molecule has 2 saturated carbocycles. The SMILES string of the molecule is O=C1OCCC12CC1CC(O)[C@@H]2C1. The van der Waals surface area contributed by atoms with E-state index in [0.717, 1.165) is 25.7 Å². The minimum atomic E-state index is -0.275. The fraction of sp³-hybridized carbons (Fsp3) is 0.900. The molecule has 4 atom stereocenters. The Bertz CT molecular complexity index is 263. The minimum absolute atomic E-state index is 0.0428. The molecule has 1 heterocycles. The zero-order valence-electron chi connectivity index (χ0n) is 7.53. The van der Waals surface area contributed by atoms with Gasteiger partial charge in [-0.05, 0) is 31.6 Å². The molecule has 0 radical (unpaired) electrons. The number of hydrogen-bond donors (Lipinski definition) is 1. The second kappa shape index (κ2) is 2.27. The molecule has 0 aromatic rings. The zero-order valence-corrected chi connectivity index (χ0v) is 7.53. The van der Waals surface area contributed by atoms with Crippen LogP contribution in [0.25, 0.3) is 0 Å². The van der Waals surface area contributed by atoms with Gasteiger partial charge in [-0.1, -0.05) is 0 Å². The van der Waals surface area contributed by atoms with Crippen molar-refractivity contribution in [2.75, 3.05) is 6.61 Å². The van der Waals surface area contributed by atoms with Gasteiger partial charge in [-0.25, -0.2) is 0 Å². The molecule has 3 fully saturated rings. The Kier molecular flexibility index (Phi) is 1.36. The maximum Gasteiger partial charge on any atom is 0.312 e. The summed E-state index contributed by atoms with van der Waals surface area (Å²) in [6, 6.07) is 0. The van der Waals surface area contributed by atoms with E-state index in [0.29, 0.717) is 12.5 Å². The average Bonchev–Trinajstić information content (AvgIpc) is 2.69. The lowest BCUT2D eigenvalue weighted by Gasteiger charge is -2.32. The van der Waals surface area contributed by atoms with Crippen molar-refractivity contribution < 1.29 is 14.6 Å². The molecule has 1 saturated heterocycles. The Hall–Kier alpha value is -0.570. The van der Waals surface area contributed by atoms with E-state index in [1.54, 1.807) is 0 Å². The molecule has 0 amide bonds. The summed E-state index contributed by atoms with van der Waals surface area (Å²) in [5.41, 5.74) is -0.275. The maximum absolute atomic E-state index is 11.6. The van der Waals surface area contributed by atoms with Crippen molar-refractivity contribution in [1.82, 2.24) is 0 Å². The van der Waals surface area contributed by atoms with Crippen LogP contribution < -0.4 is 0 Å². The van der Waals surface area contributed by atoms with E-state index < -0.39 is 0 Å². The van der Waals surface area contributed by atoms with Crippen LogP contribution in [0.3, 0.4) is 0 Å². The predicted octanol–water partition coefficient (Wildman–Crippen LogP) is 0.711. The average molecular weight is 182 g/mol. The number of esters is 1. The molecule has 2 aliphatic carbocycles. The molecule has 3 unspecified atom stereocenters. The summed E-state index contributed by atoms with van der Waals surface area (Å²) in [4.78, 5) is 11.6. The monoisotopic (exact) mass is 182 g/mol. The summed E-state index contributed by atoms with van der Waals surface area (Å²) in [6.07, 6.45) is 3.50. The standard InChI is InChI=1S/C10H14O3/c11-8-4-6-3-7(8)10(5-6)1-2-13-9(10)12/h6-8,11H,1-5H2/t6?,7-,8?,10?/m0/s1. The van der Waals surface area contributed by atoms with Crippen molar-refractivity contribution >= 4 is 5.97 Å². The summed E-state index contributed by atoms with van der Waals surface area (Å²) in [6.45, 7) is 0.564. The van der Waals surface area contributed by atoms with Gasteiger partial charge in [-0.15, -0.1) is 0 Å². The number of rotatable bonds is 0. The van der Waals surface area contributed by atoms with E-state index >= 15 is 0 Å². The van der Waals surface area contributed by atoms with E-state index in [4.69, 9.17) is 4.74 Å². The van der Waals surface area contributed by atoms with Crippen LogP contribution in [0.4, 0.5) is 0 Å². The lowest BCUT2D eigenvalue weighted by molar-refractivity contribution is -0.151. The van der Waals surface area contributed by atoms with E-state index in [-0.39, 0.29) is 23.4 Å². The van der Waals surface area contributed by atoms with Gasteiger partial charge in [-0.3, -0.25) is 4.79 Å². The Labute approximate surface area is 77.1 Å². The zero-order chi connectivity index (χ0) is 9.05. The number of carbonyl (C=O) groups excluding carboxylic acids is 1. The molecule has 1 aliphatic heterocycles. The first-order valence-electron chi connectivity index (χ1n) is 5.08. The molecule has 3 heteroatoms. The van der Waals surface area contributed by atoms with Gasteiger partial charge in [0.1, 0.15) is 0 Å². The van der Waals surface area contributed by atoms with Crippen LogP contribution in [0.15, 0.2) is 0 Å². The van der Waals surface area contributed by atoms with Gasteiger partial charge < -0.3 is 9.84 Å². The maximum atomic E-state index is 11.6. The largest absolute Gasteiger partial charge is 0.465 e. The highest BCUT2D eigenvalue weighted by molar-refractivity contribution is 5.79. The van der Waals surface area contributed by atoms with Gasteiger partial charge >= 0.3 is 5.97 Å². The lowest BCUT2D eigenvalue weighted by atomic mass is 9.71. The number of ether oxygens (including phenoxy) is 1. The van der Waals surface area contributed by atoms with E-state index in [1.165, 1.54) is 0 Å². The third-order valence-electron chi connectivity index (χ3n) is 4.18. The van der Waals surface area contributed by atoms with Crippen LogP contribution in [0.5, 0.6) is 0 Å². The topological polar surface area (TPSA) is 46.5 Å². The molecule has 3 aliphatic rings. The summed E-state index contributed by atoms with van der Waals surface area (Å²) in [5.74, 6) is 0.733. The van der Waals surface area contributed by atoms with Crippen molar-refractivity contribution in [3.05, 3.63) is 0 Å². The fourth-order valence-corrected chi connectivity index (χ4v) is 3.64. The molecule has 3 nitrogen and oxygen atoms in total. The first-order chi connectivity index (χ1) is 6.22. The minimum Gasteiger partial charge on any atom is -0.465 e. The van der Waals surface area contributed by atoms with Crippen LogP contribution in [0, 0.1) is 17.3 Å². The third-order valence-corrected chi connectivity index (χ3v) is 4.18. The Morgan fingerprint density at radius 2 is 2.31 bits per heavy atom. The third kappa shape index (κ3) is 0.810. The molecule has 0 aromatic heterocycles. The van der Waals surface area contributed by atoms with Gasteiger partial charge in [0.25, 0.3) is 0 Å². The summed E-state index contributed by atoms with van der Waals surface area (Å²) in [7, 11) is 0. The molecular formula is C10H14O3. The van der Waals surface area contributed by atoms with E-state index in [9.17, 15) is 9.90 Å². The number of hydrogen-bond acceptors (Lipinski definition) is 3. The molecule has 2 bridgehead atoms. The lowest BCUT2D eigenvalue weighted by Crippen LogP contribution is -2.39. The molecule has 0 aromatic carbocycles. The Balaban J connectivity index is 1.97. The highest BCUT2D eigenvalue weighted by Crippen LogP contribution is 2.59. The molecule has 72 valence electrons. The van der Waals surface area contributed by atoms with E-state index in [2.05, 4.69) is 0 Å². The fourth-order valence-electron chi connectivity index (χ4n) is 3.64. The number of fused-ring (bicyclic) bond motifs is 3. The Morgan fingerprint density at radius 3 is 2.85 bits per heavy atom. The predicted molar refractivity (Wildman–Crippen MR) is 44.8 cm³/mol. The van der Waals surface area contributed by atoms with Crippen molar-refractivity contribution in [2.24, 2.45) is 17.3 Å². The summed E-state index contributed by atoms with van der Waals surface area (Å²) < 4.78 is 5.04. The van der Waals surface area contributed by atoms with Crippen molar-refractivity contribution in [3.63, 3.8) is 0 Å². The number of carbonyl (C=O) groups is 1. The van der Waals surface area contributed by atoms with Gasteiger partial charge in [0, 0.05) is 5.92 Å². The highest BCUT2D eigenvalue weighted by atomic mass is 16.5. The number of cyclic esters (lactones) is 1. The number of aliphatic hydroxyl groups excluding tert-OH is 1. The summed E-state index contributed by atoms with van der Waals surface area (Å²) in [5, 5.41) is 9.75. The molecule has 1 spiro atoms. The highest BCUT2D eigenvalue weighted by Gasteiger charge is 2.61. The number of aliphatic hydroxyl groups is 1. The van der Waals surface area contributed by atoms with Crippen LogP contribution in [0.1, 0.15) is 25.7 Å². The van der Waals surface area contributed by atoms with Crippen LogP contribution >= 0.6 is 0 Å². The molecule has 3 rings (SSSR count). The van der Waals surface area contributed by atoms with Gasteiger partial charge in [0.05, 0.1) is 18.1 Å². The second-order valence-electron chi connectivity index (χ2n) is 4.76. The quantitative estimate of drug-likeness (QED) is 0.561. The van der Waals surface area contributed by atoms with Crippen molar-refractivity contribution in [2.45, 2.75) is 31.8 Å². The van der Waals surface area contributed by atoms with Gasteiger partial charge in [0.2, 0.25) is 0 Å². The van der Waals surface area contributed by atoms with E-state index in [1.807, 2.05) is 0 Å². The van der Waals surface area contributed by atoms with Crippen molar-refractivity contribution in [1.29, 1.82) is 0 Å². The van der Waals surface area contributed by atoms with Gasteiger partial charge in [0.15, 0.2) is 0 Å².